The Hall–Kier alpha value is -4.16. The predicted octanol–water partition coefficient (Wildman–Crippen LogP) is 2.69. The number of hydrogen-bond acceptors (Lipinski definition) is 16. The summed E-state index contributed by atoms with van der Waals surface area (Å²) in [5.41, 5.74) is 7.26. The van der Waals surface area contributed by atoms with Gasteiger partial charge < -0.3 is 20.0 Å². The van der Waals surface area contributed by atoms with E-state index >= 15 is 0 Å². The molecule has 4 rings (SSSR count). The Bertz CT molecular complexity index is 1540. The highest BCUT2D eigenvalue weighted by Crippen LogP contribution is 2.43. The van der Waals surface area contributed by atoms with Crippen molar-refractivity contribution in [2.24, 2.45) is 15.9 Å². The molecular formula is C25H27N7O8S3. The number of amides is 2. The van der Waals surface area contributed by atoms with Gasteiger partial charge in [-0.25, -0.2) is 14.8 Å². The number of nitroso groups, excluding NO2 is 1. The molecule has 2 aliphatic rings. The molecule has 43 heavy (non-hydrogen) atoms. The molecule has 15 nitrogen and oxygen atoms in total. The first kappa shape index (κ1) is 31.8. The molecule has 2 aromatic heterocycles. The predicted molar refractivity (Wildman–Crippen MR) is 159 cm³/mol. The molecule has 4 heterocycles. The first-order chi connectivity index (χ1) is 20.4. The van der Waals surface area contributed by atoms with E-state index in [2.05, 4.69) is 20.4 Å². The van der Waals surface area contributed by atoms with E-state index < -0.39 is 47.4 Å². The highest BCUT2D eigenvalue weighted by atomic mass is 32.2. The van der Waals surface area contributed by atoms with Crippen LogP contribution >= 0.6 is 34.4 Å². The Balaban J connectivity index is 1.62. The molecule has 1 saturated heterocycles. The van der Waals surface area contributed by atoms with E-state index in [4.69, 9.17) is 20.0 Å². The third-order valence-corrected chi connectivity index (χ3v) is 8.94. The third kappa shape index (κ3) is 6.60. The number of nitrogen functional groups attached to an aromatic ring is 1. The molecule has 0 aromatic carbocycles. The lowest BCUT2D eigenvalue weighted by atomic mass is 9.98. The van der Waals surface area contributed by atoms with Crippen LogP contribution < -0.4 is 5.73 Å². The summed E-state index contributed by atoms with van der Waals surface area (Å²) in [5, 5.41) is 7.63. The van der Waals surface area contributed by atoms with Crippen LogP contribution in [0.2, 0.25) is 0 Å². The number of carbonyl (C=O) groups is 4. The van der Waals surface area contributed by atoms with E-state index in [1.807, 2.05) is 6.92 Å². The summed E-state index contributed by atoms with van der Waals surface area (Å²) in [6, 6.07) is -1.37. The number of carbonyl (C=O) groups excluding carboxylic acids is 4. The van der Waals surface area contributed by atoms with Crippen molar-refractivity contribution in [2.75, 3.05) is 25.4 Å². The number of thioether (sulfide) groups is 1. The maximum absolute atomic E-state index is 13.5. The minimum atomic E-state index is -1.37. The van der Waals surface area contributed by atoms with Crippen molar-refractivity contribution in [1.29, 1.82) is 0 Å². The zero-order valence-corrected chi connectivity index (χ0v) is 26.1. The molecule has 2 aliphatic heterocycles. The summed E-state index contributed by atoms with van der Waals surface area (Å²) < 4.78 is 10.3. The fourth-order valence-electron chi connectivity index (χ4n) is 3.91. The van der Waals surface area contributed by atoms with Crippen molar-refractivity contribution >= 4 is 75.1 Å². The summed E-state index contributed by atoms with van der Waals surface area (Å²) in [5.74, 6) is -3.13. The molecule has 0 spiro atoms. The molecule has 2 atom stereocenters. The number of aryl methyl sites for hydroxylation is 1. The number of oxime groups is 1. The minimum absolute atomic E-state index is 0.0303. The maximum atomic E-state index is 13.5. The summed E-state index contributed by atoms with van der Waals surface area (Å²) in [4.78, 5) is 79.2. The van der Waals surface area contributed by atoms with Crippen LogP contribution in [0.1, 0.15) is 37.0 Å². The zero-order chi connectivity index (χ0) is 31.5. The topological polar surface area (TPSA) is 196 Å². The Morgan fingerprint density at radius 3 is 2.56 bits per heavy atom. The van der Waals surface area contributed by atoms with Gasteiger partial charge >= 0.3 is 17.8 Å². The monoisotopic (exact) mass is 649 g/mol. The number of aromatic nitrogens is 2. The van der Waals surface area contributed by atoms with Crippen molar-refractivity contribution in [2.45, 2.75) is 39.1 Å². The molecule has 2 amide bonds. The Morgan fingerprint density at radius 1 is 1.23 bits per heavy atom. The first-order valence-corrected chi connectivity index (χ1v) is 15.3. The summed E-state index contributed by atoms with van der Waals surface area (Å²) in [6.45, 7) is 6.09. The lowest BCUT2D eigenvalue weighted by molar-refractivity contribution is -0.174. The van der Waals surface area contributed by atoms with Gasteiger partial charge in [0.25, 0.3) is 5.91 Å². The summed E-state index contributed by atoms with van der Waals surface area (Å²) in [6.07, 6.45) is 3.42. The first-order valence-electron chi connectivity index (χ1n) is 12.5. The molecule has 2 aromatic rings. The van der Waals surface area contributed by atoms with Gasteiger partial charge in [-0.3, -0.25) is 19.3 Å². The van der Waals surface area contributed by atoms with Crippen LogP contribution in [0.15, 0.2) is 38.7 Å². The number of thiazole rings is 2. The number of hydrogen-bond donors (Lipinski definition) is 1. The number of β-lactam (4-membered cyclic amide) rings is 1. The molecule has 0 saturated carbocycles. The maximum Gasteiger partial charge on any atom is 0.358 e. The molecule has 2 N–H and O–H groups in total. The Morgan fingerprint density at radius 2 is 1.98 bits per heavy atom. The van der Waals surface area contributed by atoms with E-state index in [1.54, 1.807) is 38.4 Å². The molecule has 18 heteroatoms. The van der Waals surface area contributed by atoms with Crippen molar-refractivity contribution in [3.63, 3.8) is 0 Å². The van der Waals surface area contributed by atoms with Gasteiger partial charge in [-0.1, -0.05) is 11.2 Å². The van der Waals surface area contributed by atoms with Gasteiger partial charge in [-0.15, -0.1) is 39.3 Å². The second kappa shape index (κ2) is 13.0. The van der Waals surface area contributed by atoms with E-state index in [9.17, 15) is 24.1 Å². The second-order valence-electron chi connectivity index (χ2n) is 10.0. The van der Waals surface area contributed by atoms with Crippen molar-refractivity contribution in [1.82, 2.24) is 19.9 Å². The SMILES string of the molecule is CO/N=C(\C(=O)N(N=O)[C@@H]1C(=O)N2C(C(=O)OCOC(=O)C(C)(C)C)=C(/C=C\c3scnc3C)CS[C@H]12)c1csc(N)n1. The van der Waals surface area contributed by atoms with Gasteiger partial charge in [0.05, 0.1) is 21.9 Å². The van der Waals surface area contributed by atoms with Gasteiger partial charge in [0.1, 0.15) is 23.9 Å². The van der Waals surface area contributed by atoms with Crippen LogP contribution in [-0.4, -0.2) is 80.4 Å². The van der Waals surface area contributed by atoms with Gasteiger partial charge in [0.15, 0.2) is 16.9 Å². The molecule has 0 unspecified atom stereocenters. The van der Waals surface area contributed by atoms with Crippen LogP contribution in [0.4, 0.5) is 5.13 Å². The Kier molecular flexibility index (Phi) is 9.61. The summed E-state index contributed by atoms with van der Waals surface area (Å²) >= 11 is 3.63. The smallest absolute Gasteiger partial charge is 0.358 e. The number of nitrogens with zero attached hydrogens (tertiary/aromatic N) is 6. The molecule has 228 valence electrons. The highest BCUT2D eigenvalue weighted by Gasteiger charge is 2.58. The average molecular weight is 650 g/mol. The van der Waals surface area contributed by atoms with E-state index in [0.717, 1.165) is 26.8 Å². The van der Waals surface area contributed by atoms with E-state index in [1.165, 1.54) is 35.6 Å². The normalized spacial score (nSPS) is 18.7. The number of rotatable bonds is 10. The number of ether oxygens (including phenoxy) is 2. The lowest BCUT2D eigenvalue weighted by Gasteiger charge is -2.50. The van der Waals surface area contributed by atoms with E-state index in [0.29, 0.717) is 10.6 Å². The van der Waals surface area contributed by atoms with Gasteiger partial charge in [0, 0.05) is 16.0 Å². The van der Waals surface area contributed by atoms with Crippen molar-refractivity contribution in [3.8, 4) is 0 Å². The second-order valence-corrected chi connectivity index (χ2v) is 12.9. The van der Waals surface area contributed by atoms with Crippen LogP contribution in [0.5, 0.6) is 0 Å². The van der Waals surface area contributed by atoms with E-state index in [-0.39, 0.29) is 28.0 Å². The highest BCUT2D eigenvalue weighted by molar-refractivity contribution is 8.00. The summed E-state index contributed by atoms with van der Waals surface area (Å²) in [7, 11) is 1.19. The quantitative estimate of drug-likeness (QED) is 0.0988. The minimum Gasteiger partial charge on any atom is -0.427 e. The van der Waals surface area contributed by atoms with Crippen molar-refractivity contribution in [3.05, 3.63) is 49.4 Å². The average Bonchev–Trinajstić information content (AvgIpc) is 3.58. The fraction of sp³-hybridized carbons (Fsp3) is 0.400. The molecular weight excluding hydrogens is 623 g/mol. The van der Waals surface area contributed by atoms with Crippen LogP contribution in [-0.2, 0) is 33.5 Å². The molecule has 0 aliphatic carbocycles. The van der Waals surface area contributed by atoms with Crippen molar-refractivity contribution < 1.29 is 33.5 Å². The van der Waals surface area contributed by atoms with Crippen LogP contribution in [0.25, 0.3) is 6.08 Å². The van der Waals surface area contributed by atoms with Gasteiger partial charge in [-0.05, 0) is 39.3 Å². The number of anilines is 1. The zero-order valence-electron chi connectivity index (χ0n) is 23.6. The number of allylic oxidation sites excluding steroid dienone is 1. The standard InChI is InChI=1S/C25H27N7O8S3/c1-12-15(43-10-27-12)7-6-13-8-41-21-18(32(30-37)19(33)16(29-38-5)14-9-42-24(26)28-14)20(34)31(21)17(13)22(35)39-11-40-23(36)25(2,3)4/h6-7,9-10,18,21H,8,11H2,1-5H3,(H2,26,28)/b7-6-,29-16-/t18-,21-/m1/s1. The largest absolute Gasteiger partial charge is 0.427 e. The lowest BCUT2D eigenvalue weighted by Crippen LogP contribution is -2.70. The Labute approximate surface area is 257 Å². The number of fused-ring (bicyclic) bond motifs is 1. The van der Waals surface area contributed by atoms with Gasteiger partial charge in [0.2, 0.25) is 6.79 Å². The fourth-order valence-corrected chi connectivity index (χ4v) is 6.50. The number of nitrogens with two attached hydrogens (primary N) is 1. The van der Waals surface area contributed by atoms with Crippen LogP contribution in [0.3, 0.4) is 0 Å². The van der Waals surface area contributed by atoms with Crippen LogP contribution in [0, 0.1) is 17.2 Å². The molecule has 0 radical (unpaired) electrons. The van der Waals surface area contributed by atoms with Gasteiger partial charge in [-0.2, -0.15) is 5.01 Å². The molecule has 0 bridgehead atoms. The number of esters is 2. The molecule has 1 fully saturated rings. The third-order valence-electron chi connectivity index (χ3n) is 6.08.